The number of hydrogen-bond donors (Lipinski definition) is 1. The van der Waals surface area contributed by atoms with Crippen LogP contribution in [0.4, 0.5) is 4.79 Å². The van der Waals surface area contributed by atoms with Crippen molar-refractivity contribution in [2.75, 3.05) is 6.54 Å². The van der Waals surface area contributed by atoms with Crippen molar-refractivity contribution in [1.82, 2.24) is 9.80 Å². The Labute approximate surface area is 161 Å². The van der Waals surface area contributed by atoms with Crippen LogP contribution in [0.2, 0.25) is 0 Å². The van der Waals surface area contributed by atoms with Crippen LogP contribution in [0.25, 0.3) is 0 Å². The van der Waals surface area contributed by atoms with E-state index in [4.69, 9.17) is 0 Å². The predicted molar refractivity (Wildman–Crippen MR) is 106 cm³/mol. The van der Waals surface area contributed by atoms with Gasteiger partial charge in [0.05, 0.1) is 12.1 Å². The number of urea groups is 1. The van der Waals surface area contributed by atoms with Crippen LogP contribution >= 0.6 is 0 Å². The average molecular weight is 364 g/mol. The highest BCUT2D eigenvalue weighted by atomic mass is 16.3. The third-order valence-corrected chi connectivity index (χ3v) is 6.07. The summed E-state index contributed by atoms with van der Waals surface area (Å²) in [7, 11) is 0. The van der Waals surface area contributed by atoms with E-state index in [1.165, 1.54) is 0 Å². The van der Waals surface area contributed by atoms with Crippen molar-refractivity contribution < 1.29 is 9.90 Å². The normalized spacial score (nSPS) is 23.0. The highest BCUT2D eigenvalue weighted by Gasteiger charge is 2.55. The number of amides is 2. The number of carbonyl (C=O) groups is 1. The minimum absolute atomic E-state index is 0.0419. The summed E-state index contributed by atoms with van der Waals surface area (Å²) in [5.74, 6) is 0. The standard InChI is InChI=1S/C23H28N2O2/c1-22(2,3)24-16-19-14-15-20(25(19)21(24)26)23(27,17-10-6-4-7-11-17)18-12-8-5-9-13-18/h4-13,19-20,27H,14-16H2,1-3H3/t19-,20+/m0/s1. The molecule has 0 bridgehead atoms. The molecule has 0 spiro atoms. The van der Waals surface area contributed by atoms with E-state index >= 15 is 0 Å². The first-order valence-corrected chi connectivity index (χ1v) is 9.77. The molecule has 2 heterocycles. The van der Waals surface area contributed by atoms with Crippen molar-refractivity contribution >= 4 is 6.03 Å². The molecule has 27 heavy (non-hydrogen) atoms. The van der Waals surface area contributed by atoms with Gasteiger partial charge in [0, 0.05) is 12.1 Å². The lowest BCUT2D eigenvalue weighted by Gasteiger charge is -2.40. The van der Waals surface area contributed by atoms with Crippen LogP contribution in [0.15, 0.2) is 60.7 Å². The third kappa shape index (κ3) is 2.83. The molecule has 0 unspecified atom stereocenters. The molecular formula is C23H28N2O2. The Kier molecular flexibility index (Phi) is 4.26. The fraction of sp³-hybridized carbons (Fsp3) is 0.435. The number of fused-ring (bicyclic) bond motifs is 1. The first-order chi connectivity index (χ1) is 12.8. The summed E-state index contributed by atoms with van der Waals surface area (Å²) >= 11 is 0. The Balaban J connectivity index is 1.79. The van der Waals surface area contributed by atoms with E-state index in [-0.39, 0.29) is 23.7 Å². The maximum Gasteiger partial charge on any atom is 0.321 e. The van der Waals surface area contributed by atoms with Gasteiger partial charge in [0.25, 0.3) is 0 Å². The van der Waals surface area contributed by atoms with Gasteiger partial charge in [-0.05, 0) is 44.7 Å². The number of benzene rings is 2. The van der Waals surface area contributed by atoms with Crippen molar-refractivity contribution in [2.24, 2.45) is 0 Å². The molecule has 2 saturated heterocycles. The summed E-state index contributed by atoms with van der Waals surface area (Å²) in [6.45, 7) is 6.95. The van der Waals surface area contributed by atoms with Crippen molar-refractivity contribution in [2.45, 2.75) is 56.8 Å². The highest BCUT2D eigenvalue weighted by Crippen LogP contribution is 2.45. The van der Waals surface area contributed by atoms with Gasteiger partial charge < -0.3 is 14.9 Å². The minimum atomic E-state index is -1.22. The second-order valence-corrected chi connectivity index (χ2v) is 8.72. The van der Waals surface area contributed by atoms with Gasteiger partial charge in [0.2, 0.25) is 0 Å². The van der Waals surface area contributed by atoms with Crippen LogP contribution in [0, 0.1) is 0 Å². The summed E-state index contributed by atoms with van der Waals surface area (Å²) < 4.78 is 0. The average Bonchev–Trinajstić information content (AvgIpc) is 3.23. The van der Waals surface area contributed by atoms with Crippen LogP contribution in [0.1, 0.15) is 44.7 Å². The minimum Gasteiger partial charge on any atom is -0.378 e. The summed E-state index contributed by atoms with van der Waals surface area (Å²) in [5, 5.41) is 12.1. The van der Waals surface area contributed by atoms with Crippen LogP contribution in [-0.2, 0) is 5.60 Å². The number of nitrogens with zero attached hydrogens (tertiary/aromatic N) is 2. The zero-order valence-corrected chi connectivity index (χ0v) is 16.3. The van der Waals surface area contributed by atoms with E-state index in [9.17, 15) is 9.90 Å². The predicted octanol–water partition coefficient (Wildman–Crippen LogP) is 3.99. The summed E-state index contributed by atoms with van der Waals surface area (Å²) in [5.41, 5.74) is 0.234. The van der Waals surface area contributed by atoms with E-state index in [0.717, 1.165) is 30.5 Å². The van der Waals surface area contributed by atoms with Crippen molar-refractivity contribution in [3.63, 3.8) is 0 Å². The van der Waals surface area contributed by atoms with Gasteiger partial charge in [-0.2, -0.15) is 0 Å². The smallest absolute Gasteiger partial charge is 0.321 e. The molecule has 1 N–H and O–H groups in total. The maximum absolute atomic E-state index is 13.3. The molecule has 0 saturated carbocycles. The lowest BCUT2D eigenvalue weighted by Crippen LogP contribution is -2.53. The monoisotopic (exact) mass is 364 g/mol. The van der Waals surface area contributed by atoms with E-state index in [1.54, 1.807) is 0 Å². The van der Waals surface area contributed by atoms with Gasteiger partial charge in [-0.3, -0.25) is 0 Å². The summed E-state index contributed by atoms with van der Waals surface area (Å²) in [6, 6.07) is 19.5. The maximum atomic E-state index is 13.3. The van der Waals surface area contributed by atoms with Gasteiger partial charge in [0.15, 0.2) is 0 Å². The molecule has 2 fully saturated rings. The second kappa shape index (κ2) is 6.38. The molecule has 2 aliphatic rings. The molecule has 142 valence electrons. The van der Waals surface area contributed by atoms with Crippen molar-refractivity contribution in [3.05, 3.63) is 71.8 Å². The molecule has 2 atom stereocenters. The molecule has 0 aromatic heterocycles. The lowest BCUT2D eigenvalue weighted by atomic mass is 9.79. The molecular weight excluding hydrogens is 336 g/mol. The van der Waals surface area contributed by atoms with Gasteiger partial charge in [-0.1, -0.05) is 60.7 Å². The van der Waals surface area contributed by atoms with Gasteiger partial charge >= 0.3 is 6.03 Å². The molecule has 4 nitrogen and oxygen atoms in total. The van der Waals surface area contributed by atoms with Crippen molar-refractivity contribution in [3.8, 4) is 0 Å². The zero-order valence-electron chi connectivity index (χ0n) is 16.3. The fourth-order valence-electron chi connectivity index (χ4n) is 4.69. The Morgan fingerprint density at radius 3 is 1.89 bits per heavy atom. The molecule has 0 aliphatic carbocycles. The molecule has 4 rings (SSSR count). The molecule has 2 amide bonds. The first kappa shape index (κ1) is 18.1. The van der Waals surface area contributed by atoms with Crippen LogP contribution < -0.4 is 0 Å². The largest absolute Gasteiger partial charge is 0.378 e. The summed E-state index contributed by atoms with van der Waals surface area (Å²) in [6.07, 6.45) is 1.72. The van der Waals surface area contributed by atoms with Crippen LogP contribution in [0.5, 0.6) is 0 Å². The van der Waals surface area contributed by atoms with E-state index in [2.05, 4.69) is 20.8 Å². The molecule has 4 heteroatoms. The highest BCUT2D eigenvalue weighted by molar-refractivity contribution is 5.79. The fourth-order valence-corrected chi connectivity index (χ4v) is 4.69. The van der Waals surface area contributed by atoms with Gasteiger partial charge in [-0.15, -0.1) is 0 Å². The number of rotatable bonds is 3. The number of aliphatic hydroxyl groups is 1. The summed E-state index contributed by atoms with van der Waals surface area (Å²) in [4.78, 5) is 17.2. The van der Waals surface area contributed by atoms with Crippen LogP contribution in [-0.4, -0.2) is 45.1 Å². The Morgan fingerprint density at radius 1 is 0.889 bits per heavy atom. The Morgan fingerprint density at radius 2 is 1.41 bits per heavy atom. The molecule has 2 aromatic carbocycles. The van der Waals surface area contributed by atoms with E-state index in [0.29, 0.717) is 0 Å². The quantitative estimate of drug-likeness (QED) is 0.895. The van der Waals surface area contributed by atoms with Crippen molar-refractivity contribution in [1.29, 1.82) is 0 Å². The first-order valence-electron chi connectivity index (χ1n) is 9.77. The molecule has 2 aromatic rings. The third-order valence-electron chi connectivity index (χ3n) is 6.07. The number of hydrogen-bond acceptors (Lipinski definition) is 2. The topological polar surface area (TPSA) is 43.8 Å². The van der Waals surface area contributed by atoms with Gasteiger partial charge in [0.1, 0.15) is 5.60 Å². The number of carbonyl (C=O) groups excluding carboxylic acids is 1. The Bertz CT molecular complexity index is 774. The Hall–Kier alpha value is -2.33. The lowest BCUT2D eigenvalue weighted by molar-refractivity contribution is 0.00537. The van der Waals surface area contributed by atoms with E-state index < -0.39 is 5.60 Å². The molecule has 0 radical (unpaired) electrons. The zero-order chi connectivity index (χ0) is 19.2. The van der Waals surface area contributed by atoms with Gasteiger partial charge in [-0.25, -0.2) is 4.79 Å². The SMILES string of the molecule is CC(C)(C)N1C[C@@H]2CC[C@H](C(O)(c3ccccc3)c3ccccc3)N2C1=O. The van der Waals surface area contributed by atoms with E-state index in [1.807, 2.05) is 70.5 Å². The molecule has 2 aliphatic heterocycles. The van der Waals surface area contributed by atoms with Crippen LogP contribution in [0.3, 0.4) is 0 Å². The second-order valence-electron chi connectivity index (χ2n) is 8.72.